The van der Waals surface area contributed by atoms with Crippen LogP contribution in [0.15, 0.2) is 36.4 Å². The van der Waals surface area contributed by atoms with Crippen molar-refractivity contribution in [3.05, 3.63) is 41.6 Å². The lowest BCUT2D eigenvalue weighted by atomic mass is 9.88. The van der Waals surface area contributed by atoms with Gasteiger partial charge in [-0.1, -0.05) is 37.6 Å². The van der Waals surface area contributed by atoms with Crippen molar-refractivity contribution < 1.29 is 59.4 Å². The van der Waals surface area contributed by atoms with Crippen molar-refractivity contribution in [2.24, 2.45) is 17.8 Å². The second kappa shape index (κ2) is 16.2. The molecule has 0 bridgehead atoms. The van der Waals surface area contributed by atoms with Crippen molar-refractivity contribution in [1.29, 1.82) is 0 Å². The first-order valence-electron chi connectivity index (χ1n) is 19.3. The topological polar surface area (TPSA) is 182 Å². The molecule has 20 heteroatoms. The Hall–Kier alpha value is -4.39. The number of pyridine rings is 1. The highest BCUT2D eigenvalue weighted by molar-refractivity contribution is 7.91. The third-order valence-corrected chi connectivity index (χ3v) is 14.1. The van der Waals surface area contributed by atoms with Gasteiger partial charge in [-0.15, -0.1) is 0 Å². The van der Waals surface area contributed by atoms with Crippen LogP contribution < -0.4 is 24.8 Å². The molecule has 1 aromatic heterocycles. The van der Waals surface area contributed by atoms with E-state index in [1.165, 1.54) is 13.2 Å². The maximum absolute atomic E-state index is 14.8. The predicted octanol–water partition coefficient (Wildman–Crippen LogP) is 5.52. The molecule has 3 N–H and O–H groups in total. The van der Waals surface area contributed by atoms with E-state index in [2.05, 4.69) is 15.6 Å². The Morgan fingerprint density at radius 1 is 1.12 bits per heavy atom. The van der Waals surface area contributed by atoms with Gasteiger partial charge in [-0.25, -0.2) is 22.6 Å². The molecule has 7 atom stereocenters. The number of hydrogen-bond donors (Lipinski definition) is 3. The van der Waals surface area contributed by atoms with Crippen LogP contribution in [0.4, 0.5) is 22.4 Å². The van der Waals surface area contributed by atoms with E-state index in [-0.39, 0.29) is 49.0 Å². The van der Waals surface area contributed by atoms with Gasteiger partial charge in [0.2, 0.25) is 27.4 Å². The van der Waals surface area contributed by atoms with Crippen molar-refractivity contribution >= 4 is 56.3 Å². The first-order valence-corrected chi connectivity index (χ1v) is 21.2. The number of rotatable bonds is 9. The van der Waals surface area contributed by atoms with E-state index in [1.807, 2.05) is 11.6 Å². The molecule has 0 radical (unpaired) electrons. The number of sulfonamides is 1. The van der Waals surface area contributed by atoms with Gasteiger partial charge in [0.05, 0.1) is 19.2 Å². The Morgan fingerprint density at radius 3 is 2.47 bits per heavy atom. The molecule has 2 saturated carbocycles. The zero-order valence-corrected chi connectivity index (χ0v) is 34.7. The SMILES string of the molecule is COc1ccc2c(OC3CC4C(=O)NC5(C(=O)NS(=O)(=O)C6(CF)CC6)CC5C=CCCC(C)CC(C)C(NC(=O)OC(C)(C)C(F)(F)F)C(=O)N4C3)cc(Cl)nc2c1. The largest absolute Gasteiger partial charge is 0.497 e. The van der Waals surface area contributed by atoms with E-state index in [0.717, 1.165) is 4.90 Å². The van der Waals surface area contributed by atoms with Crippen molar-refractivity contribution in [3.8, 4) is 11.5 Å². The molecular formula is C39H48ClF4N5O9S. The minimum Gasteiger partial charge on any atom is -0.497 e. The summed E-state index contributed by atoms with van der Waals surface area (Å²) in [4.78, 5) is 61.7. The smallest absolute Gasteiger partial charge is 0.427 e. The van der Waals surface area contributed by atoms with E-state index in [9.17, 15) is 45.2 Å². The number of benzene rings is 1. The number of fused-ring (bicyclic) bond motifs is 3. The summed E-state index contributed by atoms with van der Waals surface area (Å²) < 4.78 is 98.2. The number of halogens is 5. The van der Waals surface area contributed by atoms with Gasteiger partial charge in [-0.3, -0.25) is 19.1 Å². The molecule has 4 amide bonds. The fourth-order valence-electron chi connectivity index (χ4n) is 7.75. The highest BCUT2D eigenvalue weighted by atomic mass is 35.5. The van der Waals surface area contributed by atoms with Crippen molar-refractivity contribution in [3.63, 3.8) is 0 Å². The van der Waals surface area contributed by atoms with Crippen molar-refractivity contribution in [2.45, 2.75) is 113 Å². The molecule has 59 heavy (non-hydrogen) atoms. The first kappa shape index (κ1) is 44.2. The number of nitrogens with zero attached hydrogens (tertiary/aromatic N) is 2. The van der Waals surface area contributed by atoms with Gasteiger partial charge in [0.15, 0.2) is 0 Å². The maximum Gasteiger partial charge on any atom is 0.427 e. The van der Waals surface area contributed by atoms with Crippen LogP contribution in [0.25, 0.3) is 10.9 Å². The second-order valence-electron chi connectivity index (χ2n) is 16.7. The zero-order chi connectivity index (χ0) is 43.3. The highest BCUT2D eigenvalue weighted by Gasteiger charge is 2.64. The third-order valence-electron chi connectivity index (χ3n) is 11.8. The average Bonchev–Trinajstić information content (AvgIpc) is 4.05. The van der Waals surface area contributed by atoms with Gasteiger partial charge >= 0.3 is 12.3 Å². The normalized spacial score (nSPS) is 28.6. The second-order valence-corrected chi connectivity index (χ2v) is 19.1. The standard InChI is InChI=1S/C39H48ClF4N5O9S/c1-21-8-6-7-9-23-18-38(23,34(52)48-59(54,55)37(20-41)12-13-37)47-32(50)28-16-25(57-29-17-30(40)45-27-15-24(56-5)10-11-26(27)29)19-49(28)33(51)31(22(2)14-21)46-35(53)58-36(3,4)39(42,43)44/h7,9-11,15,17,21-23,25,28,31H,6,8,12-14,16,18-20H2,1-5H3,(H,46,53)(H,47,50)(H,48,52). The first-order chi connectivity index (χ1) is 27.5. The molecule has 3 fully saturated rings. The van der Waals surface area contributed by atoms with E-state index < -0.39 is 92.6 Å². The molecule has 6 rings (SSSR count). The van der Waals surface area contributed by atoms with Crippen LogP contribution in [0.3, 0.4) is 0 Å². The molecule has 7 unspecified atom stereocenters. The molecule has 4 aliphatic rings. The molecule has 0 spiro atoms. The summed E-state index contributed by atoms with van der Waals surface area (Å²) in [5, 5.41) is 5.63. The number of allylic oxidation sites excluding steroid dienone is 1. The van der Waals surface area contributed by atoms with Crippen LogP contribution in [0.1, 0.15) is 72.6 Å². The van der Waals surface area contributed by atoms with Crippen LogP contribution in [-0.2, 0) is 29.1 Å². The minimum absolute atomic E-state index is 0.00236. The van der Waals surface area contributed by atoms with Gasteiger partial charge in [0.25, 0.3) is 5.91 Å². The number of hydrogen-bond acceptors (Lipinski definition) is 10. The fraction of sp³-hybridized carbons (Fsp3) is 0.615. The Kier molecular flexibility index (Phi) is 12.2. The monoisotopic (exact) mass is 873 g/mol. The highest BCUT2D eigenvalue weighted by Crippen LogP contribution is 2.48. The summed E-state index contributed by atoms with van der Waals surface area (Å²) >= 11 is 6.35. The lowest BCUT2D eigenvalue weighted by molar-refractivity contribution is -0.244. The van der Waals surface area contributed by atoms with Gasteiger partial charge in [-0.2, -0.15) is 13.2 Å². The van der Waals surface area contributed by atoms with Crippen LogP contribution in [0.5, 0.6) is 11.5 Å². The molecule has 1 saturated heterocycles. The summed E-state index contributed by atoms with van der Waals surface area (Å²) in [5.74, 6) is -3.44. The number of alkyl halides is 4. The number of nitrogens with one attached hydrogen (secondary N) is 3. The van der Waals surface area contributed by atoms with E-state index >= 15 is 0 Å². The summed E-state index contributed by atoms with van der Waals surface area (Å²) in [5.41, 5.74) is -4.28. The number of aromatic nitrogens is 1. The molecule has 2 aliphatic carbocycles. The Labute approximate surface area is 344 Å². The number of carbonyl (C=O) groups excluding carboxylic acids is 4. The molecular weight excluding hydrogens is 826 g/mol. The van der Waals surface area contributed by atoms with Gasteiger partial charge < -0.3 is 29.7 Å². The quantitative estimate of drug-likeness (QED) is 0.165. The predicted molar refractivity (Wildman–Crippen MR) is 207 cm³/mol. The van der Waals surface area contributed by atoms with Crippen LogP contribution >= 0.6 is 11.6 Å². The van der Waals surface area contributed by atoms with Gasteiger partial charge in [-0.05, 0) is 76.3 Å². The maximum atomic E-state index is 14.8. The molecule has 2 aliphatic heterocycles. The molecule has 324 valence electrons. The molecule has 3 heterocycles. The lowest BCUT2D eigenvalue weighted by Gasteiger charge is -2.34. The summed E-state index contributed by atoms with van der Waals surface area (Å²) in [6.45, 7) is 3.43. The van der Waals surface area contributed by atoms with Crippen LogP contribution in [-0.4, -0.2) is 103 Å². The molecule has 2 aromatic rings. The Bertz CT molecular complexity index is 2140. The number of methoxy groups -OCH3 is 1. The summed E-state index contributed by atoms with van der Waals surface area (Å²) in [6.07, 6.45) is -2.62. The van der Waals surface area contributed by atoms with Gasteiger partial charge in [0.1, 0.15) is 51.8 Å². The minimum atomic E-state index is -4.94. The van der Waals surface area contributed by atoms with Crippen LogP contribution in [0.2, 0.25) is 5.15 Å². The fourth-order valence-corrected chi connectivity index (χ4v) is 9.36. The summed E-state index contributed by atoms with van der Waals surface area (Å²) in [6, 6.07) is 3.55. The van der Waals surface area contributed by atoms with Crippen LogP contribution in [0, 0.1) is 17.8 Å². The average molecular weight is 874 g/mol. The van der Waals surface area contributed by atoms with E-state index in [1.54, 1.807) is 37.3 Å². The number of carbonyl (C=O) groups is 4. The van der Waals surface area contributed by atoms with Crippen molar-refractivity contribution in [1.82, 2.24) is 25.2 Å². The molecule has 14 nitrogen and oxygen atoms in total. The van der Waals surface area contributed by atoms with E-state index in [4.69, 9.17) is 25.8 Å². The zero-order valence-electron chi connectivity index (χ0n) is 33.2. The number of ether oxygens (including phenoxy) is 3. The Balaban J connectivity index is 1.36. The number of amides is 4. The van der Waals surface area contributed by atoms with E-state index in [0.29, 0.717) is 49.8 Å². The Morgan fingerprint density at radius 2 is 1.83 bits per heavy atom. The van der Waals surface area contributed by atoms with Crippen molar-refractivity contribution in [2.75, 3.05) is 20.3 Å². The number of alkyl carbamates (subject to hydrolysis) is 1. The third kappa shape index (κ3) is 9.05. The lowest BCUT2D eigenvalue weighted by Crippen LogP contribution is -2.60. The van der Waals surface area contributed by atoms with Gasteiger partial charge in [0, 0.05) is 29.9 Å². The summed E-state index contributed by atoms with van der Waals surface area (Å²) in [7, 11) is -3.00. The molecule has 1 aromatic carbocycles.